The third kappa shape index (κ3) is 4.31. The van der Waals surface area contributed by atoms with E-state index >= 15 is 0 Å². The van der Waals surface area contributed by atoms with Crippen LogP contribution in [-0.2, 0) is 17.9 Å². The number of aromatic nitrogens is 1. The second kappa shape index (κ2) is 8.10. The molecule has 7 heteroatoms. The molecule has 4 heterocycles. The molecule has 1 aliphatic rings. The van der Waals surface area contributed by atoms with Gasteiger partial charge in [-0.05, 0) is 49.9 Å². The first-order chi connectivity index (χ1) is 13.2. The molecule has 4 rings (SSSR count). The Morgan fingerprint density at radius 3 is 3.11 bits per heavy atom. The van der Waals surface area contributed by atoms with E-state index in [4.69, 9.17) is 8.83 Å². The topological polar surface area (TPSA) is 71.5 Å². The summed E-state index contributed by atoms with van der Waals surface area (Å²) in [5.41, 5.74) is 0.954. The van der Waals surface area contributed by atoms with Gasteiger partial charge < -0.3 is 14.2 Å². The zero-order valence-corrected chi connectivity index (χ0v) is 16.1. The van der Waals surface area contributed by atoms with Crippen molar-refractivity contribution in [1.29, 1.82) is 0 Å². The van der Waals surface area contributed by atoms with Crippen LogP contribution in [0.25, 0.3) is 10.8 Å². The van der Waals surface area contributed by atoms with Crippen molar-refractivity contribution in [3.63, 3.8) is 0 Å². The van der Waals surface area contributed by atoms with Gasteiger partial charge in [-0.1, -0.05) is 6.07 Å². The van der Waals surface area contributed by atoms with E-state index in [0.29, 0.717) is 19.0 Å². The zero-order valence-electron chi connectivity index (χ0n) is 15.3. The molecule has 0 spiro atoms. The Bertz CT molecular complexity index is 871. The number of likely N-dealkylation sites (tertiary alicyclic amines) is 1. The van der Waals surface area contributed by atoms with Crippen molar-refractivity contribution in [2.75, 3.05) is 13.1 Å². The van der Waals surface area contributed by atoms with Crippen LogP contribution in [0.4, 0.5) is 0 Å². The molecule has 1 amide bonds. The number of hydrogen-bond acceptors (Lipinski definition) is 6. The lowest BCUT2D eigenvalue weighted by Gasteiger charge is -2.31. The number of carbonyl (C=O) groups excluding carboxylic acids is 1. The standard InChI is InChI=1S/C20H23N3O3S/c1-14-17(22-20(26-14)18-7-4-10-27-18)13-23-8-2-5-15(12-23)19(24)21-11-16-6-3-9-25-16/h3-4,6-7,9-10,15H,2,5,8,11-13H2,1H3,(H,21,24). The minimum atomic E-state index is -0.00214. The molecule has 1 saturated heterocycles. The number of nitrogens with one attached hydrogen (secondary N) is 1. The zero-order chi connectivity index (χ0) is 18.6. The number of piperidine rings is 1. The molecule has 0 aliphatic carbocycles. The van der Waals surface area contributed by atoms with E-state index in [1.165, 1.54) is 0 Å². The number of rotatable bonds is 6. The van der Waals surface area contributed by atoms with E-state index in [0.717, 1.165) is 48.0 Å². The van der Waals surface area contributed by atoms with Gasteiger partial charge in [0.25, 0.3) is 0 Å². The largest absolute Gasteiger partial charge is 0.467 e. The first kappa shape index (κ1) is 18.0. The van der Waals surface area contributed by atoms with Crippen molar-refractivity contribution in [1.82, 2.24) is 15.2 Å². The van der Waals surface area contributed by atoms with Gasteiger partial charge in [-0.25, -0.2) is 4.98 Å². The predicted molar refractivity (Wildman–Crippen MR) is 103 cm³/mol. The number of carbonyl (C=O) groups is 1. The van der Waals surface area contributed by atoms with Crippen molar-refractivity contribution in [3.8, 4) is 10.8 Å². The van der Waals surface area contributed by atoms with E-state index in [-0.39, 0.29) is 11.8 Å². The average Bonchev–Trinajstić information content (AvgIpc) is 3.43. The molecule has 0 radical (unpaired) electrons. The highest BCUT2D eigenvalue weighted by Crippen LogP contribution is 2.27. The molecule has 0 bridgehead atoms. The molecule has 1 fully saturated rings. The van der Waals surface area contributed by atoms with E-state index in [1.54, 1.807) is 17.6 Å². The summed E-state index contributed by atoms with van der Waals surface area (Å²) in [5, 5.41) is 5.00. The molecule has 27 heavy (non-hydrogen) atoms. The molecule has 0 aromatic carbocycles. The van der Waals surface area contributed by atoms with Gasteiger partial charge in [-0.2, -0.15) is 0 Å². The number of hydrogen-bond donors (Lipinski definition) is 1. The summed E-state index contributed by atoms with van der Waals surface area (Å²) in [7, 11) is 0. The lowest BCUT2D eigenvalue weighted by Crippen LogP contribution is -2.42. The fourth-order valence-electron chi connectivity index (χ4n) is 3.44. The number of nitrogens with zero attached hydrogens (tertiary/aromatic N) is 2. The highest BCUT2D eigenvalue weighted by molar-refractivity contribution is 7.13. The fraction of sp³-hybridized carbons (Fsp3) is 0.400. The highest BCUT2D eigenvalue weighted by atomic mass is 32.1. The minimum Gasteiger partial charge on any atom is -0.467 e. The Hall–Kier alpha value is -2.38. The van der Waals surface area contributed by atoms with E-state index < -0.39 is 0 Å². The third-order valence-corrected chi connectivity index (χ3v) is 5.75. The molecule has 0 saturated carbocycles. The summed E-state index contributed by atoms with van der Waals surface area (Å²) in [6, 6.07) is 7.70. The summed E-state index contributed by atoms with van der Waals surface area (Å²) < 4.78 is 11.1. The highest BCUT2D eigenvalue weighted by Gasteiger charge is 2.27. The maximum atomic E-state index is 12.5. The van der Waals surface area contributed by atoms with Crippen LogP contribution in [0.5, 0.6) is 0 Å². The monoisotopic (exact) mass is 385 g/mol. The van der Waals surface area contributed by atoms with Crippen LogP contribution < -0.4 is 5.32 Å². The van der Waals surface area contributed by atoms with Gasteiger partial charge in [0.05, 0.1) is 29.3 Å². The molecule has 1 N–H and O–H groups in total. The van der Waals surface area contributed by atoms with Gasteiger partial charge in [0.15, 0.2) is 0 Å². The smallest absolute Gasteiger partial charge is 0.236 e. The van der Waals surface area contributed by atoms with Crippen molar-refractivity contribution in [2.45, 2.75) is 32.9 Å². The first-order valence-electron chi connectivity index (χ1n) is 9.21. The van der Waals surface area contributed by atoms with Crippen molar-refractivity contribution < 1.29 is 13.6 Å². The molecule has 1 unspecified atom stereocenters. The molecule has 3 aromatic rings. The Morgan fingerprint density at radius 1 is 1.41 bits per heavy atom. The van der Waals surface area contributed by atoms with Crippen molar-refractivity contribution >= 4 is 17.2 Å². The SMILES string of the molecule is Cc1oc(-c2cccs2)nc1CN1CCCC(C(=O)NCc2ccco2)C1. The predicted octanol–water partition coefficient (Wildman–Crippen LogP) is 3.83. The maximum Gasteiger partial charge on any atom is 0.236 e. The summed E-state index contributed by atoms with van der Waals surface area (Å²) in [5.74, 6) is 2.39. The summed E-state index contributed by atoms with van der Waals surface area (Å²) >= 11 is 1.62. The van der Waals surface area contributed by atoms with Crippen LogP contribution in [-0.4, -0.2) is 28.9 Å². The molecular weight excluding hydrogens is 362 g/mol. The van der Waals surface area contributed by atoms with Gasteiger partial charge >= 0.3 is 0 Å². The van der Waals surface area contributed by atoms with Crippen LogP contribution in [0.15, 0.2) is 44.7 Å². The number of thiophene rings is 1. The molecular formula is C20H23N3O3S. The van der Waals surface area contributed by atoms with Crippen LogP contribution in [0.3, 0.4) is 0 Å². The Kier molecular flexibility index (Phi) is 5.40. The number of amides is 1. The molecule has 142 valence electrons. The molecule has 1 atom stereocenters. The lowest BCUT2D eigenvalue weighted by molar-refractivity contribution is -0.127. The van der Waals surface area contributed by atoms with Crippen LogP contribution in [0, 0.1) is 12.8 Å². The first-order valence-corrected chi connectivity index (χ1v) is 10.1. The van der Waals surface area contributed by atoms with Gasteiger partial charge in [0.2, 0.25) is 11.8 Å². The van der Waals surface area contributed by atoms with Crippen molar-refractivity contribution in [3.05, 3.63) is 53.1 Å². The summed E-state index contributed by atoms with van der Waals surface area (Å²) in [6.45, 7) is 4.82. The van der Waals surface area contributed by atoms with Gasteiger partial charge in [0, 0.05) is 13.1 Å². The normalized spacial score (nSPS) is 17.9. The quantitative estimate of drug-likeness (QED) is 0.698. The van der Waals surface area contributed by atoms with Crippen LogP contribution in [0.1, 0.15) is 30.1 Å². The lowest BCUT2D eigenvalue weighted by atomic mass is 9.97. The van der Waals surface area contributed by atoms with E-state index in [1.807, 2.05) is 36.6 Å². The second-order valence-electron chi connectivity index (χ2n) is 6.87. The van der Waals surface area contributed by atoms with Crippen molar-refractivity contribution in [2.24, 2.45) is 5.92 Å². The summed E-state index contributed by atoms with van der Waals surface area (Å²) in [4.78, 5) is 20.5. The Morgan fingerprint density at radius 2 is 2.33 bits per heavy atom. The third-order valence-electron chi connectivity index (χ3n) is 4.89. The average molecular weight is 385 g/mol. The number of aryl methyl sites for hydroxylation is 1. The summed E-state index contributed by atoms with van der Waals surface area (Å²) in [6.07, 6.45) is 3.54. The van der Waals surface area contributed by atoms with Gasteiger partial charge in [-0.3, -0.25) is 9.69 Å². The van der Waals surface area contributed by atoms with Crippen LogP contribution in [0.2, 0.25) is 0 Å². The number of oxazole rings is 1. The maximum absolute atomic E-state index is 12.5. The molecule has 3 aromatic heterocycles. The minimum absolute atomic E-state index is 0.00214. The van der Waals surface area contributed by atoms with Crippen LogP contribution >= 0.6 is 11.3 Å². The van der Waals surface area contributed by atoms with E-state index in [9.17, 15) is 4.79 Å². The van der Waals surface area contributed by atoms with Gasteiger partial charge in [-0.15, -0.1) is 11.3 Å². The Balaban J connectivity index is 1.35. The molecule has 1 aliphatic heterocycles. The Labute approximate surface area is 162 Å². The number of furan rings is 1. The van der Waals surface area contributed by atoms with Gasteiger partial charge in [0.1, 0.15) is 11.5 Å². The second-order valence-corrected chi connectivity index (χ2v) is 7.82. The fourth-order valence-corrected chi connectivity index (χ4v) is 4.09. The molecule has 6 nitrogen and oxygen atoms in total. The van der Waals surface area contributed by atoms with E-state index in [2.05, 4.69) is 15.2 Å².